The molecule has 0 aliphatic rings. The first-order valence-corrected chi connectivity index (χ1v) is 6.48. The van der Waals surface area contributed by atoms with Crippen LogP contribution >= 0.6 is 0 Å². The smallest absolute Gasteiger partial charge is 0.222 e. The van der Waals surface area contributed by atoms with Crippen molar-refractivity contribution in [2.24, 2.45) is 11.1 Å². The van der Waals surface area contributed by atoms with Crippen molar-refractivity contribution in [1.82, 2.24) is 4.90 Å². The van der Waals surface area contributed by atoms with E-state index in [9.17, 15) is 4.79 Å². The van der Waals surface area contributed by atoms with Crippen LogP contribution in [0.4, 0.5) is 0 Å². The normalized spacial score (nSPS) is 11.3. The molecule has 0 saturated heterocycles. The van der Waals surface area contributed by atoms with Crippen LogP contribution in [-0.4, -0.2) is 30.9 Å². The molecule has 17 heavy (non-hydrogen) atoms. The number of nitrogens with two attached hydrogens (primary N) is 1. The van der Waals surface area contributed by atoms with Gasteiger partial charge in [0.05, 0.1) is 0 Å². The Hall–Kier alpha value is -0.830. The summed E-state index contributed by atoms with van der Waals surface area (Å²) >= 11 is 0. The van der Waals surface area contributed by atoms with Gasteiger partial charge in [-0.05, 0) is 37.6 Å². The molecule has 0 aliphatic carbocycles. The van der Waals surface area contributed by atoms with E-state index in [1.807, 2.05) is 18.0 Å². The largest absolute Gasteiger partial charge is 0.346 e. The van der Waals surface area contributed by atoms with Gasteiger partial charge in [-0.3, -0.25) is 4.79 Å². The van der Waals surface area contributed by atoms with Crippen molar-refractivity contribution in [2.75, 3.05) is 20.1 Å². The number of allylic oxidation sites excluding steroid dienone is 1. The topological polar surface area (TPSA) is 46.3 Å². The van der Waals surface area contributed by atoms with Crippen molar-refractivity contribution in [3.63, 3.8) is 0 Å². The van der Waals surface area contributed by atoms with Crippen molar-refractivity contribution >= 4 is 5.91 Å². The molecular formula is C14H28N2O. The molecule has 0 radical (unpaired) electrons. The van der Waals surface area contributed by atoms with Gasteiger partial charge in [-0.1, -0.05) is 19.9 Å². The van der Waals surface area contributed by atoms with E-state index in [1.165, 1.54) is 0 Å². The van der Waals surface area contributed by atoms with Crippen LogP contribution in [0, 0.1) is 5.41 Å². The summed E-state index contributed by atoms with van der Waals surface area (Å²) in [6.45, 7) is 9.53. The van der Waals surface area contributed by atoms with Crippen molar-refractivity contribution in [3.8, 4) is 0 Å². The third-order valence-electron chi connectivity index (χ3n) is 3.16. The number of unbranched alkanes of at least 4 members (excludes halogenated alkanes) is 1. The second-order valence-electron chi connectivity index (χ2n) is 5.45. The maximum Gasteiger partial charge on any atom is 0.222 e. The third-order valence-corrected chi connectivity index (χ3v) is 3.16. The summed E-state index contributed by atoms with van der Waals surface area (Å²) in [7, 11) is 1.88. The fourth-order valence-electron chi connectivity index (χ4n) is 1.75. The Bertz CT molecular complexity index is 236. The Morgan fingerprint density at radius 3 is 2.59 bits per heavy atom. The Morgan fingerprint density at radius 2 is 2.06 bits per heavy atom. The molecule has 0 unspecified atom stereocenters. The lowest BCUT2D eigenvalue weighted by Crippen LogP contribution is -2.29. The van der Waals surface area contributed by atoms with Gasteiger partial charge in [0.2, 0.25) is 5.91 Å². The molecule has 0 heterocycles. The van der Waals surface area contributed by atoms with Crippen molar-refractivity contribution in [3.05, 3.63) is 12.7 Å². The van der Waals surface area contributed by atoms with E-state index in [4.69, 9.17) is 5.73 Å². The van der Waals surface area contributed by atoms with Crippen molar-refractivity contribution in [2.45, 2.75) is 46.0 Å². The second kappa shape index (κ2) is 8.29. The Labute approximate surface area is 106 Å². The molecule has 3 heteroatoms. The summed E-state index contributed by atoms with van der Waals surface area (Å²) in [6, 6.07) is 0. The SMILES string of the molecule is C=CCCCN(C)C(=O)CCC(C)(C)CCN. The maximum atomic E-state index is 11.9. The van der Waals surface area contributed by atoms with Gasteiger partial charge in [0.1, 0.15) is 0 Å². The van der Waals surface area contributed by atoms with Gasteiger partial charge in [0, 0.05) is 20.0 Å². The number of hydrogen-bond acceptors (Lipinski definition) is 2. The van der Waals surface area contributed by atoms with Gasteiger partial charge in [-0.15, -0.1) is 6.58 Å². The fourth-order valence-corrected chi connectivity index (χ4v) is 1.75. The van der Waals surface area contributed by atoms with E-state index in [1.54, 1.807) is 0 Å². The standard InChI is InChI=1S/C14H28N2O/c1-5-6-7-12-16(4)13(17)8-9-14(2,3)10-11-15/h5H,1,6-12,15H2,2-4H3. The molecule has 3 nitrogen and oxygen atoms in total. The fraction of sp³-hybridized carbons (Fsp3) is 0.786. The summed E-state index contributed by atoms with van der Waals surface area (Å²) in [5.41, 5.74) is 5.73. The van der Waals surface area contributed by atoms with Gasteiger partial charge in [-0.25, -0.2) is 0 Å². The van der Waals surface area contributed by atoms with Crippen LogP contribution in [0.3, 0.4) is 0 Å². The zero-order chi connectivity index (χ0) is 13.3. The third kappa shape index (κ3) is 7.97. The summed E-state index contributed by atoms with van der Waals surface area (Å²) in [5, 5.41) is 0. The molecule has 2 N–H and O–H groups in total. The van der Waals surface area contributed by atoms with Crippen LogP contribution in [0.1, 0.15) is 46.0 Å². The van der Waals surface area contributed by atoms with Crippen LogP contribution < -0.4 is 5.73 Å². The number of hydrogen-bond donors (Lipinski definition) is 1. The van der Waals surface area contributed by atoms with Crippen LogP contribution in [0.25, 0.3) is 0 Å². The number of nitrogens with zero attached hydrogens (tertiary/aromatic N) is 1. The molecule has 1 amide bonds. The Morgan fingerprint density at radius 1 is 1.41 bits per heavy atom. The minimum Gasteiger partial charge on any atom is -0.346 e. The molecule has 0 spiro atoms. The lowest BCUT2D eigenvalue weighted by molar-refractivity contribution is -0.130. The molecule has 0 atom stereocenters. The minimum absolute atomic E-state index is 0.173. The van der Waals surface area contributed by atoms with E-state index >= 15 is 0 Å². The molecule has 0 rings (SSSR count). The predicted octanol–water partition coefficient (Wildman–Crippen LogP) is 2.57. The maximum absolute atomic E-state index is 11.9. The Kier molecular flexibility index (Phi) is 7.88. The molecule has 100 valence electrons. The molecule has 0 bridgehead atoms. The van der Waals surface area contributed by atoms with E-state index in [-0.39, 0.29) is 11.3 Å². The first-order chi connectivity index (χ1) is 7.93. The first-order valence-electron chi connectivity index (χ1n) is 6.48. The molecule has 0 fully saturated rings. The molecule has 0 aromatic rings. The predicted molar refractivity (Wildman–Crippen MR) is 73.8 cm³/mol. The van der Waals surface area contributed by atoms with E-state index in [2.05, 4.69) is 20.4 Å². The highest BCUT2D eigenvalue weighted by atomic mass is 16.2. The van der Waals surface area contributed by atoms with Gasteiger partial charge in [0.25, 0.3) is 0 Å². The van der Waals surface area contributed by atoms with E-state index in [0.717, 1.165) is 32.2 Å². The summed E-state index contributed by atoms with van der Waals surface area (Å²) in [4.78, 5) is 13.7. The van der Waals surface area contributed by atoms with Crippen LogP contribution in [0.5, 0.6) is 0 Å². The zero-order valence-corrected chi connectivity index (χ0v) is 11.7. The molecule has 0 saturated carbocycles. The number of carbonyl (C=O) groups excluding carboxylic acids is 1. The van der Waals surface area contributed by atoms with E-state index in [0.29, 0.717) is 13.0 Å². The van der Waals surface area contributed by atoms with Gasteiger partial charge >= 0.3 is 0 Å². The monoisotopic (exact) mass is 240 g/mol. The summed E-state index contributed by atoms with van der Waals surface area (Å²) < 4.78 is 0. The van der Waals surface area contributed by atoms with Crippen molar-refractivity contribution < 1.29 is 4.79 Å². The second-order valence-corrected chi connectivity index (χ2v) is 5.45. The Balaban J connectivity index is 3.87. The zero-order valence-electron chi connectivity index (χ0n) is 11.7. The quantitative estimate of drug-likeness (QED) is 0.497. The molecule has 0 aromatic carbocycles. The van der Waals surface area contributed by atoms with Crippen LogP contribution in [0.2, 0.25) is 0 Å². The first kappa shape index (κ1) is 16.2. The van der Waals surface area contributed by atoms with Gasteiger partial charge in [-0.2, -0.15) is 0 Å². The number of carbonyl (C=O) groups is 1. The molecule has 0 aliphatic heterocycles. The van der Waals surface area contributed by atoms with E-state index < -0.39 is 0 Å². The van der Waals surface area contributed by atoms with Gasteiger partial charge < -0.3 is 10.6 Å². The summed E-state index contributed by atoms with van der Waals surface area (Å²) in [6.07, 6.45) is 6.36. The molecule has 0 aromatic heterocycles. The highest BCUT2D eigenvalue weighted by molar-refractivity contribution is 5.75. The summed E-state index contributed by atoms with van der Waals surface area (Å²) in [5.74, 6) is 0.235. The average molecular weight is 240 g/mol. The number of amides is 1. The number of rotatable bonds is 9. The van der Waals surface area contributed by atoms with Crippen LogP contribution in [0.15, 0.2) is 12.7 Å². The average Bonchev–Trinajstić information content (AvgIpc) is 2.26. The van der Waals surface area contributed by atoms with Crippen molar-refractivity contribution in [1.29, 1.82) is 0 Å². The molecular weight excluding hydrogens is 212 g/mol. The highest BCUT2D eigenvalue weighted by Crippen LogP contribution is 2.26. The highest BCUT2D eigenvalue weighted by Gasteiger charge is 2.19. The van der Waals surface area contributed by atoms with Crippen LogP contribution in [-0.2, 0) is 4.79 Å². The lowest BCUT2D eigenvalue weighted by atomic mass is 9.84. The minimum atomic E-state index is 0.173. The lowest BCUT2D eigenvalue weighted by Gasteiger charge is -2.25. The van der Waals surface area contributed by atoms with Gasteiger partial charge in [0.15, 0.2) is 0 Å².